The van der Waals surface area contributed by atoms with Gasteiger partial charge in [0.2, 0.25) is 5.91 Å². The van der Waals surface area contributed by atoms with Crippen LogP contribution >= 0.6 is 0 Å². The molecule has 110 valence electrons. The van der Waals surface area contributed by atoms with Gasteiger partial charge in [0.25, 0.3) is 0 Å². The lowest BCUT2D eigenvalue weighted by atomic mass is 10.1. The maximum Gasteiger partial charge on any atom is 0.228 e. The van der Waals surface area contributed by atoms with E-state index in [9.17, 15) is 13.6 Å². The maximum atomic E-state index is 13.5. The lowest BCUT2D eigenvalue weighted by molar-refractivity contribution is -0.115. The molecule has 2 aromatic rings. The van der Waals surface area contributed by atoms with Crippen molar-refractivity contribution in [1.29, 1.82) is 0 Å². The summed E-state index contributed by atoms with van der Waals surface area (Å²) < 4.78 is 26.6. The first kappa shape index (κ1) is 15.0. The highest BCUT2D eigenvalue weighted by Crippen LogP contribution is 2.22. The number of carbonyl (C=O) groups is 1. The van der Waals surface area contributed by atoms with Crippen LogP contribution in [0.5, 0.6) is 0 Å². The fraction of sp³-hybridized carbons (Fsp3) is 0.188. The number of hydrogen-bond acceptors (Lipinski definition) is 2. The minimum atomic E-state index is -0.988. The van der Waals surface area contributed by atoms with Crippen molar-refractivity contribution in [3.63, 3.8) is 0 Å². The summed E-state index contributed by atoms with van der Waals surface area (Å²) in [6, 6.07) is 7.29. The Bertz CT molecular complexity index is 699. The Labute approximate surface area is 121 Å². The van der Waals surface area contributed by atoms with Crippen molar-refractivity contribution >= 4 is 17.3 Å². The van der Waals surface area contributed by atoms with Gasteiger partial charge in [0.1, 0.15) is 0 Å². The number of nitrogens with one attached hydrogen (secondary N) is 1. The van der Waals surface area contributed by atoms with Crippen molar-refractivity contribution < 1.29 is 13.6 Å². The number of anilines is 2. The first-order valence-corrected chi connectivity index (χ1v) is 6.48. The number of nitrogen functional groups attached to an aromatic ring is 1. The molecule has 0 aliphatic rings. The third-order valence-corrected chi connectivity index (χ3v) is 3.27. The largest absolute Gasteiger partial charge is 0.399 e. The number of halogens is 2. The van der Waals surface area contributed by atoms with Gasteiger partial charge in [0, 0.05) is 16.9 Å². The van der Waals surface area contributed by atoms with Crippen molar-refractivity contribution in [3.8, 4) is 0 Å². The molecule has 0 bridgehead atoms. The molecule has 0 unspecified atom stereocenters. The standard InChI is InChI=1S/C16H16F2N2O/c1-9-7-14(10(2)6-13(9)19)20-15(21)8-11-4-3-5-12(17)16(11)18/h3-7H,8,19H2,1-2H3,(H,20,21). The smallest absolute Gasteiger partial charge is 0.228 e. The monoisotopic (exact) mass is 290 g/mol. The number of benzene rings is 2. The average Bonchev–Trinajstić information content (AvgIpc) is 2.41. The predicted octanol–water partition coefficient (Wildman–Crippen LogP) is 3.35. The van der Waals surface area contributed by atoms with Crippen LogP contribution in [0.15, 0.2) is 30.3 Å². The molecule has 0 heterocycles. The van der Waals surface area contributed by atoms with E-state index in [4.69, 9.17) is 5.73 Å². The van der Waals surface area contributed by atoms with Crippen LogP contribution in [0.2, 0.25) is 0 Å². The molecule has 0 fully saturated rings. The van der Waals surface area contributed by atoms with Gasteiger partial charge in [0.15, 0.2) is 11.6 Å². The summed E-state index contributed by atoms with van der Waals surface area (Å²) >= 11 is 0. The van der Waals surface area contributed by atoms with Crippen LogP contribution in [-0.4, -0.2) is 5.91 Å². The van der Waals surface area contributed by atoms with E-state index in [1.807, 2.05) is 13.8 Å². The minimum absolute atomic E-state index is 0.0253. The Balaban J connectivity index is 2.16. The molecule has 5 heteroatoms. The van der Waals surface area contributed by atoms with Crippen molar-refractivity contribution in [2.45, 2.75) is 20.3 Å². The summed E-state index contributed by atoms with van der Waals surface area (Å²) in [5.41, 5.74) is 8.71. The Morgan fingerprint density at radius 1 is 1.19 bits per heavy atom. The van der Waals surface area contributed by atoms with Gasteiger partial charge in [-0.3, -0.25) is 4.79 Å². The van der Waals surface area contributed by atoms with Gasteiger partial charge >= 0.3 is 0 Å². The average molecular weight is 290 g/mol. The molecule has 0 aromatic heterocycles. The highest BCUT2D eigenvalue weighted by molar-refractivity contribution is 5.93. The van der Waals surface area contributed by atoms with Gasteiger partial charge in [-0.1, -0.05) is 12.1 Å². The van der Waals surface area contributed by atoms with E-state index < -0.39 is 17.5 Å². The fourth-order valence-corrected chi connectivity index (χ4v) is 2.03. The van der Waals surface area contributed by atoms with Crippen LogP contribution in [-0.2, 0) is 11.2 Å². The summed E-state index contributed by atoms with van der Waals surface area (Å²) in [4.78, 5) is 12.0. The molecule has 0 saturated carbocycles. The molecule has 0 radical (unpaired) electrons. The van der Waals surface area contributed by atoms with Crippen LogP contribution in [0.3, 0.4) is 0 Å². The molecule has 1 amide bonds. The zero-order valence-corrected chi connectivity index (χ0v) is 11.8. The Kier molecular flexibility index (Phi) is 4.21. The number of rotatable bonds is 3. The van der Waals surface area contributed by atoms with Gasteiger partial charge in [-0.2, -0.15) is 0 Å². The summed E-state index contributed by atoms with van der Waals surface area (Å²) in [5, 5.41) is 2.69. The molecule has 3 nitrogen and oxygen atoms in total. The number of nitrogens with two attached hydrogens (primary N) is 1. The highest BCUT2D eigenvalue weighted by Gasteiger charge is 2.13. The topological polar surface area (TPSA) is 55.1 Å². The number of hydrogen-bond donors (Lipinski definition) is 2. The van der Waals surface area contributed by atoms with E-state index in [0.717, 1.165) is 17.2 Å². The predicted molar refractivity (Wildman–Crippen MR) is 79.0 cm³/mol. The lowest BCUT2D eigenvalue weighted by Gasteiger charge is -2.11. The van der Waals surface area contributed by atoms with Crippen LogP contribution in [0, 0.1) is 25.5 Å². The van der Waals surface area contributed by atoms with E-state index in [0.29, 0.717) is 11.4 Å². The zero-order chi connectivity index (χ0) is 15.6. The number of carbonyl (C=O) groups excluding carboxylic acids is 1. The highest BCUT2D eigenvalue weighted by atomic mass is 19.2. The van der Waals surface area contributed by atoms with Crippen molar-refractivity contribution in [3.05, 3.63) is 58.7 Å². The van der Waals surface area contributed by atoms with E-state index >= 15 is 0 Å². The van der Waals surface area contributed by atoms with Crippen molar-refractivity contribution in [2.24, 2.45) is 0 Å². The van der Waals surface area contributed by atoms with Crippen molar-refractivity contribution in [1.82, 2.24) is 0 Å². The molecular weight excluding hydrogens is 274 g/mol. The molecule has 21 heavy (non-hydrogen) atoms. The Morgan fingerprint density at radius 2 is 1.90 bits per heavy atom. The third-order valence-electron chi connectivity index (χ3n) is 3.27. The normalized spacial score (nSPS) is 10.5. The Hall–Kier alpha value is -2.43. The molecule has 0 aliphatic carbocycles. The van der Waals surface area contributed by atoms with Crippen molar-refractivity contribution in [2.75, 3.05) is 11.1 Å². The molecule has 0 spiro atoms. The summed E-state index contributed by atoms with van der Waals surface area (Å²) in [7, 11) is 0. The van der Waals surface area contributed by atoms with E-state index in [1.54, 1.807) is 12.1 Å². The summed E-state index contributed by atoms with van der Waals surface area (Å²) in [6.07, 6.45) is -0.230. The van der Waals surface area contributed by atoms with Crippen LogP contribution < -0.4 is 11.1 Å². The molecule has 3 N–H and O–H groups in total. The van der Waals surface area contributed by atoms with Crippen LogP contribution in [0.4, 0.5) is 20.2 Å². The summed E-state index contributed by atoms with van der Waals surface area (Å²) in [6.45, 7) is 3.64. The van der Waals surface area contributed by atoms with E-state index in [-0.39, 0.29) is 12.0 Å². The summed E-state index contributed by atoms with van der Waals surface area (Å²) in [5.74, 6) is -2.36. The third kappa shape index (κ3) is 3.37. The molecule has 0 saturated heterocycles. The fourth-order valence-electron chi connectivity index (χ4n) is 2.03. The van der Waals surface area contributed by atoms with Gasteiger partial charge in [-0.15, -0.1) is 0 Å². The van der Waals surface area contributed by atoms with Gasteiger partial charge in [-0.25, -0.2) is 8.78 Å². The van der Waals surface area contributed by atoms with E-state index in [2.05, 4.69) is 5.32 Å². The number of amides is 1. The second-order valence-corrected chi connectivity index (χ2v) is 4.96. The van der Waals surface area contributed by atoms with E-state index in [1.165, 1.54) is 12.1 Å². The number of aryl methyl sites for hydroxylation is 2. The molecule has 2 rings (SSSR count). The molecule has 2 aromatic carbocycles. The quantitative estimate of drug-likeness (QED) is 0.852. The Morgan fingerprint density at radius 3 is 2.62 bits per heavy atom. The second-order valence-electron chi connectivity index (χ2n) is 4.96. The van der Waals surface area contributed by atoms with Crippen LogP contribution in [0.1, 0.15) is 16.7 Å². The lowest BCUT2D eigenvalue weighted by Crippen LogP contribution is -2.16. The molecule has 0 atom stereocenters. The SMILES string of the molecule is Cc1cc(NC(=O)Cc2cccc(F)c2F)c(C)cc1N. The molecule has 0 aliphatic heterocycles. The maximum absolute atomic E-state index is 13.5. The zero-order valence-electron chi connectivity index (χ0n) is 11.8. The first-order valence-electron chi connectivity index (χ1n) is 6.48. The minimum Gasteiger partial charge on any atom is -0.399 e. The first-order chi connectivity index (χ1) is 9.88. The van der Waals surface area contributed by atoms with Crippen LogP contribution in [0.25, 0.3) is 0 Å². The van der Waals surface area contributed by atoms with Gasteiger partial charge in [-0.05, 0) is 43.2 Å². The molecular formula is C16H16F2N2O. The van der Waals surface area contributed by atoms with Gasteiger partial charge in [0.05, 0.1) is 6.42 Å². The van der Waals surface area contributed by atoms with Gasteiger partial charge < -0.3 is 11.1 Å². The second kappa shape index (κ2) is 5.91.